The van der Waals surface area contributed by atoms with Crippen molar-refractivity contribution in [3.63, 3.8) is 0 Å². The minimum atomic E-state index is 0.143. The molecule has 1 aliphatic carbocycles. The van der Waals surface area contributed by atoms with E-state index in [1.165, 1.54) is 12.8 Å². The van der Waals surface area contributed by atoms with Crippen LogP contribution in [0.15, 0.2) is 0 Å². The van der Waals surface area contributed by atoms with E-state index < -0.39 is 0 Å². The van der Waals surface area contributed by atoms with Crippen LogP contribution in [0.1, 0.15) is 19.8 Å². The quantitative estimate of drug-likeness (QED) is 0.725. The van der Waals surface area contributed by atoms with Crippen molar-refractivity contribution in [1.82, 2.24) is 10.2 Å². The van der Waals surface area contributed by atoms with E-state index in [0.717, 1.165) is 32.2 Å². The van der Waals surface area contributed by atoms with Gasteiger partial charge in [-0.05, 0) is 25.7 Å². The number of nitrogens with one attached hydrogen (secondary N) is 1. The summed E-state index contributed by atoms with van der Waals surface area (Å²) < 4.78 is 5.41. The fraction of sp³-hybridized carbons (Fsp3) is 0.909. The van der Waals surface area contributed by atoms with Crippen molar-refractivity contribution in [1.29, 1.82) is 0 Å². The van der Waals surface area contributed by atoms with E-state index in [4.69, 9.17) is 4.74 Å². The fourth-order valence-electron chi connectivity index (χ4n) is 1.89. The molecule has 0 spiro atoms. The Morgan fingerprint density at radius 1 is 1.53 bits per heavy atom. The highest BCUT2D eigenvalue weighted by atomic mass is 16.5. The van der Waals surface area contributed by atoms with Gasteiger partial charge >= 0.3 is 0 Å². The van der Waals surface area contributed by atoms with Crippen molar-refractivity contribution in [3.8, 4) is 0 Å². The minimum Gasteiger partial charge on any atom is -0.371 e. The van der Waals surface area contributed by atoms with Gasteiger partial charge in [0.1, 0.15) is 6.61 Å². The summed E-state index contributed by atoms with van der Waals surface area (Å²) in [7, 11) is 0. The molecule has 0 bridgehead atoms. The number of hydrogen-bond acceptors (Lipinski definition) is 3. The number of piperazine rings is 1. The molecule has 1 N–H and O–H groups in total. The molecule has 2 rings (SSSR count). The topological polar surface area (TPSA) is 41.6 Å². The van der Waals surface area contributed by atoms with E-state index in [0.29, 0.717) is 6.04 Å². The van der Waals surface area contributed by atoms with Crippen molar-refractivity contribution < 1.29 is 9.53 Å². The first-order valence-corrected chi connectivity index (χ1v) is 5.85. The monoisotopic (exact) mass is 212 g/mol. The van der Waals surface area contributed by atoms with Crippen LogP contribution in [-0.2, 0) is 9.53 Å². The first kappa shape index (κ1) is 10.9. The molecule has 1 saturated carbocycles. The predicted molar refractivity (Wildman–Crippen MR) is 57.6 cm³/mol. The van der Waals surface area contributed by atoms with Crippen molar-refractivity contribution in [3.05, 3.63) is 0 Å². The average molecular weight is 212 g/mol. The summed E-state index contributed by atoms with van der Waals surface area (Å²) in [5.74, 6) is 0.878. The molecule has 1 atom stereocenters. The van der Waals surface area contributed by atoms with Crippen molar-refractivity contribution in [2.45, 2.75) is 25.8 Å². The molecule has 1 saturated heterocycles. The summed E-state index contributed by atoms with van der Waals surface area (Å²) in [5.41, 5.74) is 0. The molecule has 4 nitrogen and oxygen atoms in total. The Morgan fingerprint density at radius 3 is 3.00 bits per heavy atom. The Labute approximate surface area is 91.0 Å². The van der Waals surface area contributed by atoms with Gasteiger partial charge in [0.25, 0.3) is 0 Å². The van der Waals surface area contributed by atoms with E-state index >= 15 is 0 Å². The molecule has 0 aromatic heterocycles. The lowest BCUT2D eigenvalue weighted by molar-refractivity contribution is -0.139. The molecule has 0 aromatic carbocycles. The van der Waals surface area contributed by atoms with Crippen LogP contribution >= 0.6 is 0 Å². The maximum absolute atomic E-state index is 11.8. The first-order chi connectivity index (χ1) is 7.27. The van der Waals surface area contributed by atoms with Crippen molar-refractivity contribution in [2.24, 2.45) is 5.92 Å². The smallest absolute Gasteiger partial charge is 0.248 e. The van der Waals surface area contributed by atoms with Crippen LogP contribution in [0.4, 0.5) is 0 Å². The third-order valence-electron chi connectivity index (χ3n) is 3.10. The number of carbonyl (C=O) groups is 1. The molecule has 1 amide bonds. The zero-order chi connectivity index (χ0) is 10.7. The molecule has 0 radical (unpaired) electrons. The van der Waals surface area contributed by atoms with Gasteiger partial charge in [-0.1, -0.05) is 0 Å². The molecule has 2 aliphatic rings. The number of nitrogens with zero attached hydrogens (tertiary/aromatic N) is 1. The van der Waals surface area contributed by atoms with Gasteiger partial charge in [-0.15, -0.1) is 0 Å². The van der Waals surface area contributed by atoms with Crippen LogP contribution in [0, 0.1) is 5.92 Å². The number of ether oxygens (including phenoxy) is 1. The van der Waals surface area contributed by atoms with Gasteiger partial charge in [-0.25, -0.2) is 0 Å². The van der Waals surface area contributed by atoms with Gasteiger partial charge in [-0.2, -0.15) is 0 Å². The van der Waals surface area contributed by atoms with Crippen molar-refractivity contribution >= 4 is 5.91 Å². The third-order valence-corrected chi connectivity index (χ3v) is 3.10. The minimum absolute atomic E-state index is 0.143. The van der Waals surface area contributed by atoms with Gasteiger partial charge in [-0.3, -0.25) is 4.79 Å². The molecule has 1 heterocycles. The molecule has 15 heavy (non-hydrogen) atoms. The molecular weight excluding hydrogens is 192 g/mol. The summed E-state index contributed by atoms with van der Waals surface area (Å²) in [6.07, 6.45) is 2.55. The molecule has 1 aliphatic heterocycles. The standard InChI is InChI=1S/C11H20N2O2/c1-9-6-12-4-5-13(9)11(14)8-15-7-10-2-3-10/h9-10,12H,2-8H2,1H3. The van der Waals surface area contributed by atoms with Gasteiger partial charge in [0.15, 0.2) is 0 Å². The lowest BCUT2D eigenvalue weighted by Crippen LogP contribution is -2.53. The van der Waals surface area contributed by atoms with Crippen molar-refractivity contribution in [2.75, 3.05) is 32.8 Å². The number of hydrogen-bond donors (Lipinski definition) is 1. The Kier molecular flexibility index (Phi) is 3.59. The second-order valence-electron chi connectivity index (χ2n) is 4.60. The highest BCUT2D eigenvalue weighted by Crippen LogP contribution is 2.28. The summed E-state index contributed by atoms with van der Waals surface area (Å²) >= 11 is 0. The van der Waals surface area contributed by atoms with E-state index in [1.54, 1.807) is 0 Å². The highest BCUT2D eigenvalue weighted by Gasteiger charge is 2.25. The van der Waals surface area contributed by atoms with Gasteiger partial charge in [0, 0.05) is 25.7 Å². The Morgan fingerprint density at radius 2 is 2.33 bits per heavy atom. The van der Waals surface area contributed by atoms with Crippen LogP contribution in [0.2, 0.25) is 0 Å². The van der Waals surface area contributed by atoms with Gasteiger partial charge < -0.3 is 15.0 Å². The summed E-state index contributed by atoms with van der Waals surface area (Å²) in [6.45, 7) is 5.72. The molecule has 0 aromatic rings. The zero-order valence-corrected chi connectivity index (χ0v) is 9.37. The lowest BCUT2D eigenvalue weighted by Gasteiger charge is -2.33. The normalized spacial score (nSPS) is 26.7. The third kappa shape index (κ3) is 3.18. The highest BCUT2D eigenvalue weighted by molar-refractivity contribution is 5.77. The Balaban J connectivity index is 1.68. The van der Waals surface area contributed by atoms with Crippen LogP contribution in [0.25, 0.3) is 0 Å². The Bertz CT molecular complexity index is 229. The predicted octanol–water partition coefficient (Wildman–Crippen LogP) is 0.233. The van der Waals surface area contributed by atoms with E-state index in [1.807, 2.05) is 4.90 Å². The van der Waals surface area contributed by atoms with Gasteiger partial charge in [0.2, 0.25) is 5.91 Å². The SMILES string of the molecule is CC1CNCCN1C(=O)COCC1CC1. The maximum atomic E-state index is 11.8. The molecule has 86 valence electrons. The molecule has 1 unspecified atom stereocenters. The zero-order valence-electron chi connectivity index (χ0n) is 9.37. The maximum Gasteiger partial charge on any atom is 0.248 e. The van der Waals surface area contributed by atoms with Crippen LogP contribution in [-0.4, -0.2) is 49.7 Å². The molecule has 4 heteroatoms. The largest absolute Gasteiger partial charge is 0.371 e. The van der Waals surface area contributed by atoms with E-state index in [9.17, 15) is 4.79 Å². The second kappa shape index (κ2) is 4.94. The number of carbonyl (C=O) groups excluding carboxylic acids is 1. The second-order valence-corrected chi connectivity index (χ2v) is 4.60. The van der Waals surface area contributed by atoms with Gasteiger partial charge in [0.05, 0.1) is 6.61 Å². The van der Waals surface area contributed by atoms with Crippen LogP contribution < -0.4 is 5.32 Å². The first-order valence-electron chi connectivity index (χ1n) is 5.85. The lowest BCUT2D eigenvalue weighted by atomic mass is 10.2. The van der Waals surface area contributed by atoms with Crippen LogP contribution in [0.5, 0.6) is 0 Å². The van der Waals surface area contributed by atoms with Crippen LogP contribution in [0.3, 0.4) is 0 Å². The number of rotatable bonds is 4. The molecule has 2 fully saturated rings. The fourth-order valence-corrected chi connectivity index (χ4v) is 1.89. The van der Waals surface area contributed by atoms with E-state index in [2.05, 4.69) is 12.2 Å². The molecular formula is C11H20N2O2. The number of amides is 1. The average Bonchev–Trinajstić information content (AvgIpc) is 3.02. The Hall–Kier alpha value is -0.610. The summed E-state index contributed by atoms with van der Waals surface area (Å²) in [4.78, 5) is 13.7. The summed E-state index contributed by atoms with van der Waals surface area (Å²) in [5, 5.41) is 3.27. The summed E-state index contributed by atoms with van der Waals surface area (Å²) in [6, 6.07) is 0.302. The van der Waals surface area contributed by atoms with E-state index in [-0.39, 0.29) is 12.5 Å².